The molecule has 0 saturated heterocycles. The number of hydrogen-bond donors (Lipinski definition) is 1. The van der Waals surface area contributed by atoms with Crippen LogP contribution in [0.3, 0.4) is 0 Å². The third-order valence-corrected chi connectivity index (χ3v) is 3.01. The van der Waals surface area contributed by atoms with E-state index in [1.165, 1.54) is 0 Å². The third-order valence-electron chi connectivity index (χ3n) is 2.79. The smallest absolute Gasteiger partial charge is 0.145 e. The molecule has 1 N–H and O–H groups in total. The summed E-state index contributed by atoms with van der Waals surface area (Å²) in [5.41, 5.74) is 2.11. The van der Waals surface area contributed by atoms with Crippen LogP contribution in [0.5, 0.6) is 5.75 Å². The maximum absolute atomic E-state index is 6.01. The van der Waals surface area contributed by atoms with Gasteiger partial charge < -0.3 is 10.1 Å². The average molecular weight is 226 g/mol. The van der Waals surface area contributed by atoms with Crippen molar-refractivity contribution >= 4 is 17.3 Å². The van der Waals surface area contributed by atoms with Gasteiger partial charge in [-0.1, -0.05) is 25.4 Å². The average Bonchev–Trinajstić information content (AvgIpc) is 2.16. The molecule has 1 aliphatic heterocycles. The lowest BCUT2D eigenvalue weighted by Crippen LogP contribution is -2.35. The number of rotatable bonds is 1. The Morgan fingerprint density at radius 3 is 2.87 bits per heavy atom. The van der Waals surface area contributed by atoms with Crippen LogP contribution in [0.4, 0.5) is 5.69 Å². The zero-order chi connectivity index (χ0) is 11.0. The van der Waals surface area contributed by atoms with Gasteiger partial charge in [-0.3, -0.25) is 0 Å². The van der Waals surface area contributed by atoms with Crippen LogP contribution < -0.4 is 10.1 Å². The zero-order valence-corrected chi connectivity index (χ0v) is 10.1. The fourth-order valence-electron chi connectivity index (χ4n) is 1.80. The molecule has 1 aliphatic rings. The molecule has 1 atom stereocenters. The minimum Gasteiger partial charge on any atom is -0.489 e. The van der Waals surface area contributed by atoms with E-state index in [2.05, 4.69) is 19.2 Å². The van der Waals surface area contributed by atoms with E-state index in [1.54, 1.807) is 0 Å². The standard InChI is InChI=1S/C12H16ClNO/c1-7(2)11-6-15-12-8(3)4-9(13)5-10(12)14-11/h4-5,7,11,14H,6H2,1-3H3. The van der Waals surface area contributed by atoms with Gasteiger partial charge in [-0.05, 0) is 30.5 Å². The summed E-state index contributed by atoms with van der Waals surface area (Å²) in [5, 5.41) is 4.22. The van der Waals surface area contributed by atoms with Crippen molar-refractivity contribution in [3.63, 3.8) is 0 Å². The number of nitrogens with one attached hydrogen (secondary N) is 1. The Hall–Kier alpha value is -0.890. The van der Waals surface area contributed by atoms with E-state index in [-0.39, 0.29) is 0 Å². The van der Waals surface area contributed by atoms with Crippen LogP contribution in [0.25, 0.3) is 0 Å². The number of aryl methyl sites for hydroxylation is 1. The molecule has 1 aromatic carbocycles. The minimum atomic E-state index is 0.371. The van der Waals surface area contributed by atoms with E-state index in [0.29, 0.717) is 12.0 Å². The first kappa shape index (κ1) is 10.6. The van der Waals surface area contributed by atoms with Crippen molar-refractivity contribution in [1.29, 1.82) is 0 Å². The van der Waals surface area contributed by atoms with Crippen LogP contribution in [-0.4, -0.2) is 12.6 Å². The fourth-order valence-corrected chi connectivity index (χ4v) is 2.08. The van der Waals surface area contributed by atoms with Crippen molar-refractivity contribution in [2.75, 3.05) is 11.9 Å². The summed E-state index contributed by atoms with van der Waals surface area (Å²) < 4.78 is 5.76. The highest BCUT2D eigenvalue weighted by Crippen LogP contribution is 2.36. The number of hydrogen-bond acceptors (Lipinski definition) is 2. The summed E-state index contributed by atoms with van der Waals surface area (Å²) in [7, 11) is 0. The van der Waals surface area contributed by atoms with Crippen LogP contribution in [0.1, 0.15) is 19.4 Å². The summed E-state index contributed by atoms with van der Waals surface area (Å²) in [6.07, 6.45) is 0. The predicted molar refractivity (Wildman–Crippen MR) is 63.9 cm³/mol. The minimum absolute atomic E-state index is 0.371. The maximum Gasteiger partial charge on any atom is 0.145 e. The number of halogens is 1. The maximum atomic E-state index is 6.01. The quantitative estimate of drug-likeness (QED) is 0.790. The molecule has 0 fully saturated rings. The first-order valence-corrected chi connectivity index (χ1v) is 5.65. The Kier molecular flexibility index (Phi) is 2.79. The van der Waals surface area contributed by atoms with Gasteiger partial charge in [-0.15, -0.1) is 0 Å². The molecule has 0 amide bonds. The van der Waals surface area contributed by atoms with Crippen LogP contribution in [-0.2, 0) is 0 Å². The molecule has 0 bridgehead atoms. The number of anilines is 1. The second-order valence-electron chi connectivity index (χ2n) is 4.41. The summed E-state index contributed by atoms with van der Waals surface area (Å²) in [5.74, 6) is 1.49. The highest BCUT2D eigenvalue weighted by Gasteiger charge is 2.22. The first-order chi connectivity index (χ1) is 7.08. The predicted octanol–water partition coefficient (Wildman–Crippen LogP) is 3.48. The molecule has 2 rings (SSSR count). The first-order valence-electron chi connectivity index (χ1n) is 5.27. The summed E-state index contributed by atoms with van der Waals surface area (Å²) in [6.45, 7) is 7.11. The Balaban J connectivity index is 2.33. The topological polar surface area (TPSA) is 21.3 Å². The van der Waals surface area contributed by atoms with Crippen LogP contribution in [0.15, 0.2) is 12.1 Å². The Bertz CT molecular complexity index is 376. The molecule has 2 nitrogen and oxygen atoms in total. The molecular formula is C12H16ClNO. The lowest BCUT2D eigenvalue weighted by Gasteiger charge is -2.31. The van der Waals surface area contributed by atoms with Gasteiger partial charge in [0.2, 0.25) is 0 Å². The zero-order valence-electron chi connectivity index (χ0n) is 9.30. The monoisotopic (exact) mass is 225 g/mol. The van der Waals surface area contributed by atoms with Crippen LogP contribution in [0, 0.1) is 12.8 Å². The Labute approximate surface area is 95.6 Å². The number of benzene rings is 1. The van der Waals surface area contributed by atoms with Gasteiger partial charge in [0, 0.05) is 5.02 Å². The summed E-state index contributed by atoms with van der Waals surface area (Å²) in [6, 6.07) is 4.23. The Morgan fingerprint density at radius 2 is 2.20 bits per heavy atom. The van der Waals surface area contributed by atoms with E-state index in [4.69, 9.17) is 16.3 Å². The second-order valence-corrected chi connectivity index (χ2v) is 4.84. The molecule has 3 heteroatoms. The highest BCUT2D eigenvalue weighted by atomic mass is 35.5. The largest absolute Gasteiger partial charge is 0.489 e. The molecule has 0 spiro atoms. The molecule has 0 radical (unpaired) electrons. The number of ether oxygens (including phenoxy) is 1. The molecule has 0 aliphatic carbocycles. The molecule has 0 aromatic heterocycles. The molecule has 1 aromatic rings. The Morgan fingerprint density at radius 1 is 1.47 bits per heavy atom. The molecule has 1 heterocycles. The SMILES string of the molecule is Cc1cc(Cl)cc2c1OCC(C(C)C)N2. The second kappa shape index (κ2) is 3.93. The van der Waals surface area contributed by atoms with Crippen molar-refractivity contribution in [2.24, 2.45) is 5.92 Å². The lowest BCUT2D eigenvalue weighted by molar-refractivity contribution is 0.256. The van der Waals surface area contributed by atoms with Gasteiger partial charge in [0.15, 0.2) is 0 Å². The fraction of sp³-hybridized carbons (Fsp3) is 0.500. The van der Waals surface area contributed by atoms with E-state index in [1.807, 2.05) is 19.1 Å². The van der Waals surface area contributed by atoms with Crippen LogP contribution in [0.2, 0.25) is 5.02 Å². The highest BCUT2D eigenvalue weighted by molar-refractivity contribution is 6.31. The normalized spacial score (nSPS) is 19.4. The van der Waals surface area contributed by atoms with E-state index in [9.17, 15) is 0 Å². The van der Waals surface area contributed by atoms with Crippen molar-refractivity contribution in [3.8, 4) is 5.75 Å². The molecular weight excluding hydrogens is 210 g/mol. The van der Waals surface area contributed by atoms with Crippen molar-refractivity contribution in [1.82, 2.24) is 0 Å². The molecule has 15 heavy (non-hydrogen) atoms. The summed E-state index contributed by atoms with van der Waals surface area (Å²) >= 11 is 6.01. The van der Waals surface area contributed by atoms with Gasteiger partial charge in [-0.2, -0.15) is 0 Å². The number of fused-ring (bicyclic) bond motifs is 1. The molecule has 82 valence electrons. The van der Waals surface area contributed by atoms with Crippen molar-refractivity contribution < 1.29 is 4.74 Å². The third kappa shape index (κ3) is 2.05. The van der Waals surface area contributed by atoms with E-state index in [0.717, 1.165) is 28.6 Å². The molecule has 0 saturated carbocycles. The van der Waals surface area contributed by atoms with Crippen LogP contribution >= 0.6 is 11.6 Å². The van der Waals surface area contributed by atoms with E-state index < -0.39 is 0 Å². The van der Waals surface area contributed by atoms with E-state index >= 15 is 0 Å². The summed E-state index contributed by atoms with van der Waals surface area (Å²) in [4.78, 5) is 0. The van der Waals surface area contributed by atoms with Gasteiger partial charge in [0.25, 0.3) is 0 Å². The van der Waals surface area contributed by atoms with Gasteiger partial charge in [-0.25, -0.2) is 0 Å². The lowest BCUT2D eigenvalue weighted by atomic mass is 10.0. The van der Waals surface area contributed by atoms with Gasteiger partial charge >= 0.3 is 0 Å². The van der Waals surface area contributed by atoms with Gasteiger partial charge in [0.05, 0.1) is 11.7 Å². The molecule has 1 unspecified atom stereocenters. The van der Waals surface area contributed by atoms with Gasteiger partial charge in [0.1, 0.15) is 12.4 Å². The van der Waals surface area contributed by atoms with Crippen molar-refractivity contribution in [2.45, 2.75) is 26.8 Å². The van der Waals surface area contributed by atoms with Crippen molar-refractivity contribution in [3.05, 3.63) is 22.7 Å².